The van der Waals surface area contributed by atoms with E-state index in [9.17, 15) is 9.59 Å². The Bertz CT molecular complexity index is 653. The molecule has 2 aliphatic carbocycles. The zero-order valence-electron chi connectivity index (χ0n) is 15.4. The lowest BCUT2D eigenvalue weighted by Gasteiger charge is -2.23. The number of nitrogens with zero attached hydrogens (tertiary/aromatic N) is 1. The molecule has 2 amide bonds. The topological polar surface area (TPSA) is 75.2 Å². The van der Waals surface area contributed by atoms with Gasteiger partial charge in [0, 0.05) is 18.8 Å². The first-order valence-corrected chi connectivity index (χ1v) is 10.2. The van der Waals surface area contributed by atoms with E-state index in [1.807, 2.05) is 16.8 Å². The minimum atomic E-state index is -0.110. The number of hydrogen-bond donors (Lipinski definition) is 3. The van der Waals surface area contributed by atoms with Gasteiger partial charge in [0.2, 0.25) is 5.91 Å². The van der Waals surface area contributed by atoms with Crippen molar-refractivity contribution >= 4 is 17.5 Å². The molecule has 1 unspecified atom stereocenters. The van der Waals surface area contributed by atoms with Crippen LogP contribution in [-0.2, 0) is 11.3 Å². The molecule has 1 aromatic heterocycles. The summed E-state index contributed by atoms with van der Waals surface area (Å²) < 4.78 is 2.04. The van der Waals surface area contributed by atoms with Crippen molar-refractivity contribution in [3.63, 3.8) is 0 Å². The van der Waals surface area contributed by atoms with Gasteiger partial charge in [-0.3, -0.25) is 9.59 Å². The summed E-state index contributed by atoms with van der Waals surface area (Å²) in [7, 11) is 0. The van der Waals surface area contributed by atoms with Crippen LogP contribution in [0, 0.1) is 5.92 Å². The van der Waals surface area contributed by atoms with Gasteiger partial charge in [0.1, 0.15) is 5.69 Å². The molecule has 3 N–H and O–H groups in total. The molecule has 1 saturated heterocycles. The normalized spacial score (nSPS) is 23.8. The Hall–Kier alpha value is -1.82. The Morgan fingerprint density at radius 3 is 2.58 bits per heavy atom. The van der Waals surface area contributed by atoms with Crippen molar-refractivity contribution in [1.82, 2.24) is 15.2 Å². The maximum atomic E-state index is 12.8. The van der Waals surface area contributed by atoms with Gasteiger partial charge in [-0.05, 0) is 57.1 Å². The fourth-order valence-corrected chi connectivity index (χ4v) is 4.14. The largest absolute Gasteiger partial charge is 0.348 e. The van der Waals surface area contributed by atoms with E-state index in [0.717, 1.165) is 44.5 Å². The molecule has 1 atom stereocenters. The van der Waals surface area contributed by atoms with Gasteiger partial charge in [-0.1, -0.05) is 19.3 Å². The predicted octanol–water partition coefficient (Wildman–Crippen LogP) is 2.65. The van der Waals surface area contributed by atoms with Crippen LogP contribution >= 0.6 is 0 Å². The van der Waals surface area contributed by atoms with Gasteiger partial charge in [-0.15, -0.1) is 0 Å². The molecule has 142 valence electrons. The van der Waals surface area contributed by atoms with Crippen molar-refractivity contribution < 1.29 is 9.59 Å². The van der Waals surface area contributed by atoms with E-state index in [1.165, 1.54) is 32.1 Å². The second-order valence-corrected chi connectivity index (χ2v) is 8.16. The molecule has 1 aliphatic heterocycles. The van der Waals surface area contributed by atoms with Gasteiger partial charge in [0.15, 0.2) is 0 Å². The summed E-state index contributed by atoms with van der Waals surface area (Å²) in [6.45, 7) is 1.76. The van der Waals surface area contributed by atoms with Crippen molar-refractivity contribution in [3.8, 4) is 0 Å². The quantitative estimate of drug-likeness (QED) is 0.732. The minimum absolute atomic E-state index is 0.00274. The van der Waals surface area contributed by atoms with E-state index in [2.05, 4.69) is 16.0 Å². The van der Waals surface area contributed by atoms with Gasteiger partial charge in [0.25, 0.3) is 5.91 Å². The second kappa shape index (κ2) is 7.82. The minimum Gasteiger partial charge on any atom is -0.348 e. The molecular weight excluding hydrogens is 328 g/mol. The van der Waals surface area contributed by atoms with Crippen LogP contribution in [0.25, 0.3) is 0 Å². The van der Waals surface area contributed by atoms with Crippen LogP contribution in [-0.4, -0.2) is 35.0 Å². The van der Waals surface area contributed by atoms with Crippen LogP contribution in [0.5, 0.6) is 0 Å². The van der Waals surface area contributed by atoms with Crippen LogP contribution < -0.4 is 16.0 Å². The number of nitrogens with one attached hydrogen (secondary N) is 3. The Kier molecular flexibility index (Phi) is 5.29. The molecule has 0 aromatic carbocycles. The fourth-order valence-electron chi connectivity index (χ4n) is 4.14. The Balaban J connectivity index is 1.45. The van der Waals surface area contributed by atoms with E-state index in [1.54, 1.807) is 0 Å². The van der Waals surface area contributed by atoms with Gasteiger partial charge < -0.3 is 20.5 Å². The van der Waals surface area contributed by atoms with E-state index in [0.29, 0.717) is 17.7 Å². The van der Waals surface area contributed by atoms with Gasteiger partial charge >= 0.3 is 0 Å². The predicted molar refractivity (Wildman–Crippen MR) is 101 cm³/mol. The number of aromatic nitrogens is 1. The highest BCUT2D eigenvalue weighted by Crippen LogP contribution is 2.32. The highest BCUT2D eigenvalue weighted by molar-refractivity contribution is 5.98. The van der Waals surface area contributed by atoms with Crippen LogP contribution in [0.3, 0.4) is 0 Å². The molecule has 4 rings (SSSR count). The van der Waals surface area contributed by atoms with Crippen LogP contribution in [0.1, 0.15) is 68.3 Å². The lowest BCUT2D eigenvalue weighted by molar-refractivity contribution is -0.117. The SMILES string of the molecule is O=C(NC1CCCCC1)c1cc(NC(=O)C2CCCN2)cn1CC1CC1. The Morgan fingerprint density at radius 1 is 1.08 bits per heavy atom. The van der Waals surface area contributed by atoms with E-state index < -0.39 is 0 Å². The zero-order chi connectivity index (χ0) is 17.9. The first-order chi connectivity index (χ1) is 12.7. The van der Waals surface area contributed by atoms with Crippen molar-refractivity contribution in [3.05, 3.63) is 18.0 Å². The third-order valence-corrected chi connectivity index (χ3v) is 5.87. The third-order valence-electron chi connectivity index (χ3n) is 5.87. The number of rotatable bonds is 6. The Morgan fingerprint density at radius 2 is 1.88 bits per heavy atom. The highest BCUT2D eigenvalue weighted by atomic mass is 16.2. The molecule has 0 spiro atoms. The molecule has 6 nitrogen and oxygen atoms in total. The van der Waals surface area contributed by atoms with E-state index in [4.69, 9.17) is 0 Å². The van der Waals surface area contributed by atoms with Crippen LogP contribution in [0.4, 0.5) is 5.69 Å². The highest BCUT2D eigenvalue weighted by Gasteiger charge is 2.27. The molecule has 0 radical (unpaired) electrons. The summed E-state index contributed by atoms with van der Waals surface area (Å²) >= 11 is 0. The maximum absolute atomic E-state index is 12.8. The molecule has 3 fully saturated rings. The standard InChI is InChI=1S/C20H30N4O2/c25-19(17-7-4-10-21-17)23-16-11-18(24(13-16)12-14-8-9-14)20(26)22-15-5-2-1-3-6-15/h11,13-15,17,21H,1-10,12H2,(H,22,26)(H,23,25). The molecule has 6 heteroatoms. The number of carbonyl (C=O) groups excluding carboxylic acids is 2. The molecule has 3 aliphatic rings. The molecule has 26 heavy (non-hydrogen) atoms. The smallest absolute Gasteiger partial charge is 0.268 e. The van der Waals surface area contributed by atoms with E-state index >= 15 is 0 Å². The summed E-state index contributed by atoms with van der Waals surface area (Å²) in [5.74, 6) is 0.672. The zero-order valence-corrected chi connectivity index (χ0v) is 15.4. The molecule has 0 bridgehead atoms. The van der Waals surface area contributed by atoms with Crippen LogP contribution in [0.15, 0.2) is 12.3 Å². The number of amides is 2. The Labute approximate surface area is 155 Å². The van der Waals surface area contributed by atoms with Gasteiger partial charge in [-0.25, -0.2) is 0 Å². The second-order valence-electron chi connectivity index (χ2n) is 8.16. The average Bonchev–Trinajstić information content (AvgIpc) is 3.12. The van der Waals surface area contributed by atoms with Crippen molar-refractivity contribution in [2.24, 2.45) is 5.92 Å². The molecule has 2 heterocycles. The first-order valence-electron chi connectivity index (χ1n) is 10.2. The summed E-state index contributed by atoms with van der Waals surface area (Å²) in [6, 6.07) is 2.02. The number of carbonyl (C=O) groups is 2. The van der Waals surface area contributed by atoms with Crippen molar-refractivity contribution in [1.29, 1.82) is 0 Å². The number of hydrogen-bond acceptors (Lipinski definition) is 3. The lowest BCUT2D eigenvalue weighted by atomic mass is 9.95. The van der Waals surface area contributed by atoms with E-state index in [-0.39, 0.29) is 17.9 Å². The summed E-state index contributed by atoms with van der Waals surface area (Å²) in [5.41, 5.74) is 1.41. The lowest BCUT2D eigenvalue weighted by Crippen LogP contribution is -2.37. The molecule has 1 aromatic rings. The van der Waals surface area contributed by atoms with Crippen molar-refractivity contribution in [2.75, 3.05) is 11.9 Å². The summed E-state index contributed by atoms with van der Waals surface area (Å²) in [4.78, 5) is 25.2. The van der Waals surface area contributed by atoms with Crippen molar-refractivity contribution in [2.45, 2.75) is 76.4 Å². The molecule has 2 saturated carbocycles. The van der Waals surface area contributed by atoms with Crippen LogP contribution in [0.2, 0.25) is 0 Å². The summed E-state index contributed by atoms with van der Waals surface area (Å²) in [5, 5.41) is 9.42. The number of anilines is 1. The fraction of sp³-hybridized carbons (Fsp3) is 0.700. The van der Waals surface area contributed by atoms with Gasteiger partial charge in [-0.2, -0.15) is 0 Å². The summed E-state index contributed by atoms with van der Waals surface area (Å²) in [6.07, 6.45) is 12.1. The average molecular weight is 358 g/mol. The monoisotopic (exact) mass is 358 g/mol. The molecular formula is C20H30N4O2. The maximum Gasteiger partial charge on any atom is 0.268 e. The third kappa shape index (κ3) is 4.29. The van der Waals surface area contributed by atoms with Gasteiger partial charge in [0.05, 0.1) is 11.7 Å². The first kappa shape index (κ1) is 17.6.